The Morgan fingerprint density at radius 1 is 1.48 bits per heavy atom. The van der Waals surface area contributed by atoms with Gasteiger partial charge in [-0.1, -0.05) is 0 Å². The number of aromatic amines is 1. The van der Waals surface area contributed by atoms with Crippen LogP contribution in [0.1, 0.15) is 11.3 Å². The topological polar surface area (TPSA) is 106 Å². The van der Waals surface area contributed by atoms with Crippen LogP contribution in [0, 0.1) is 6.92 Å². The molecule has 0 aliphatic carbocycles. The second kappa shape index (κ2) is 7.39. The van der Waals surface area contributed by atoms with Crippen LogP contribution in [0.3, 0.4) is 0 Å². The molecule has 2 rings (SSSR count). The van der Waals surface area contributed by atoms with Gasteiger partial charge in [-0.05, 0) is 18.6 Å². The molecule has 8 heteroatoms. The van der Waals surface area contributed by atoms with Gasteiger partial charge in [0, 0.05) is 30.6 Å². The van der Waals surface area contributed by atoms with Crippen molar-refractivity contribution in [3.63, 3.8) is 0 Å². The summed E-state index contributed by atoms with van der Waals surface area (Å²) in [6, 6.07) is 2.32. The maximum absolute atomic E-state index is 12.1. The van der Waals surface area contributed by atoms with Gasteiger partial charge in [-0.25, -0.2) is 9.78 Å². The van der Waals surface area contributed by atoms with Crippen molar-refractivity contribution in [1.29, 1.82) is 0 Å². The van der Waals surface area contributed by atoms with Crippen LogP contribution in [0.25, 0.3) is 0 Å². The number of imidazole rings is 1. The zero-order chi connectivity index (χ0) is 16.8. The third-order valence-electron chi connectivity index (χ3n) is 3.27. The van der Waals surface area contributed by atoms with Crippen LogP contribution in [-0.4, -0.2) is 39.6 Å². The first kappa shape index (κ1) is 16.5. The van der Waals surface area contributed by atoms with Crippen molar-refractivity contribution in [3.05, 3.63) is 52.5 Å². The van der Waals surface area contributed by atoms with Crippen molar-refractivity contribution in [2.45, 2.75) is 25.9 Å². The number of rotatable bonds is 6. The first-order chi connectivity index (χ1) is 11.0. The van der Waals surface area contributed by atoms with E-state index in [-0.39, 0.29) is 18.5 Å². The highest BCUT2D eigenvalue weighted by atomic mass is 16.5. The Balaban J connectivity index is 2.04. The minimum Gasteiger partial charge on any atom is -0.467 e. The number of hydrogen-bond acceptors (Lipinski definition) is 5. The largest absolute Gasteiger partial charge is 0.467 e. The van der Waals surface area contributed by atoms with E-state index in [0.29, 0.717) is 5.69 Å². The summed E-state index contributed by atoms with van der Waals surface area (Å²) < 4.78 is 5.97. The molecule has 1 atom stereocenters. The average molecular weight is 318 g/mol. The molecule has 2 aromatic rings. The molecule has 2 N–H and O–H groups in total. The zero-order valence-corrected chi connectivity index (χ0v) is 12.9. The second-order valence-corrected chi connectivity index (χ2v) is 5.09. The van der Waals surface area contributed by atoms with Crippen molar-refractivity contribution in [3.8, 4) is 0 Å². The summed E-state index contributed by atoms with van der Waals surface area (Å²) in [6.07, 6.45) is 4.81. The van der Waals surface area contributed by atoms with Crippen molar-refractivity contribution >= 4 is 11.9 Å². The molecule has 0 aliphatic heterocycles. The molecular weight excluding hydrogens is 300 g/mol. The molecule has 8 nitrogen and oxygen atoms in total. The smallest absolute Gasteiger partial charge is 0.328 e. The van der Waals surface area contributed by atoms with E-state index < -0.39 is 17.9 Å². The van der Waals surface area contributed by atoms with Crippen LogP contribution < -0.4 is 10.9 Å². The van der Waals surface area contributed by atoms with Crippen molar-refractivity contribution in [2.24, 2.45) is 0 Å². The van der Waals surface area contributed by atoms with Crippen molar-refractivity contribution in [2.75, 3.05) is 7.11 Å². The highest BCUT2D eigenvalue weighted by Gasteiger charge is 2.22. The Morgan fingerprint density at radius 3 is 2.87 bits per heavy atom. The Morgan fingerprint density at radius 2 is 2.26 bits per heavy atom. The predicted octanol–water partition coefficient (Wildman–Crippen LogP) is -0.220. The number of nitrogens with zero attached hydrogens (tertiary/aromatic N) is 2. The predicted molar refractivity (Wildman–Crippen MR) is 81.7 cm³/mol. The summed E-state index contributed by atoms with van der Waals surface area (Å²) in [7, 11) is 1.25. The van der Waals surface area contributed by atoms with Gasteiger partial charge in [0.25, 0.3) is 5.56 Å². The van der Waals surface area contributed by atoms with E-state index in [1.165, 1.54) is 24.1 Å². The van der Waals surface area contributed by atoms with Gasteiger partial charge >= 0.3 is 5.97 Å². The molecule has 1 amide bonds. The number of H-pyrrole nitrogens is 1. The first-order valence-electron chi connectivity index (χ1n) is 7.01. The fraction of sp³-hybridized carbons (Fsp3) is 0.333. The van der Waals surface area contributed by atoms with E-state index in [0.717, 1.165) is 5.56 Å². The molecule has 0 saturated carbocycles. The number of aryl methyl sites for hydroxylation is 1. The van der Waals surface area contributed by atoms with Crippen molar-refractivity contribution in [1.82, 2.24) is 19.9 Å². The highest BCUT2D eigenvalue weighted by molar-refractivity contribution is 5.84. The number of amides is 1. The van der Waals surface area contributed by atoms with Crippen LogP contribution in [0.2, 0.25) is 0 Å². The molecule has 0 saturated heterocycles. The number of aromatic nitrogens is 3. The molecule has 122 valence electrons. The van der Waals surface area contributed by atoms with Crippen LogP contribution in [0.15, 0.2) is 35.6 Å². The van der Waals surface area contributed by atoms with Crippen LogP contribution in [0.5, 0.6) is 0 Å². The molecule has 23 heavy (non-hydrogen) atoms. The molecule has 0 radical (unpaired) electrons. The zero-order valence-electron chi connectivity index (χ0n) is 12.9. The van der Waals surface area contributed by atoms with Crippen molar-refractivity contribution < 1.29 is 14.3 Å². The minimum absolute atomic E-state index is 0.171. The van der Waals surface area contributed by atoms with Gasteiger partial charge in [-0.2, -0.15) is 0 Å². The third kappa shape index (κ3) is 4.53. The summed E-state index contributed by atoms with van der Waals surface area (Å²) in [6.45, 7) is 1.62. The fourth-order valence-electron chi connectivity index (χ4n) is 2.08. The number of nitrogens with one attached hydrogen (secondary N) is 2. The number of esters is 1. The SMILES string of the molecule is COC(=O)[C@@H](Cc1cnc[nH]1)NC(=O)Cn1ccc(C)cc1=O. The molecule has 0 aromatic carbocycles. The van der Waals surface area contributed by atoms with E-state index in [9.17, 15) is 14.4 Å². The maximum atomic E-state index is 12.1. The molecular formula is C15H18N4O4. The number of carbonyl (C=O) groups excluding carboxylic acids is 2. The summed E-state index contributed by atoms with van der Waals surface area (Å²) in [5, 5.41) is 2.58. The quantitative estimate of drug-likeness (QED) is 0.716. The first-order valence-corrected chi connectivity index (χ1v) is 7.01. The lowest BCUT2D eigenvalue weighted by Gasteiger charge is -2.16. The third-order valence-corrected chi connectivity index (χ3v) is 3.27. The van der Waals surface area contributed by atoms with E-state index >= 15 is 0 Å². The normalized spacial score (nSPS) is 11.7. The summed E-state index contributed by atoms with van der Waals surface area (Å²) >= 11 is 0. The molecule has 0 spiro atoms. The van der Waals surface area contributed by atoms with Gasteiger partial charge in [0.2, 0.25) is 5.91 Å². The van der Waals surface area contributed by atoms with E-state index in [1.54, 1.807) is 25.4 Å². The molecule has 0 unspecified atom stereocenters. The summed E-state index contributed by atoms with van der Waals surface area (Å²) in [5.41, 5.74) is 1.23. The van der Waals surface area contributed by atoms with Gasteiger partial charge in [0.1, 0.15) is 12.6 Å². The lowest BCUT2D eigenvalue weighted by Crippen LogP contribution is -2.45. The van der Waals surface area contributed by atoms with E-state index in [4.69, 9.17) is 4.74 Å². The Labute approximate surface area is 132 Å². The number of hydrogen-bond donors (Lipinski definition) is 2. The molecule has 2 heterocycles. The van der Waals surface area contributed by atoms with Gasteiger partial charge < -0.3 is 19.6 Å². The van der Waals surface area contributed by atoms with E-state index in [2.05, 4.69) is 15.3 Å². The van der Waals surface area contributed by atoms with Crippen LogP contribution in [-0.2, 0) is 27.3 Å². The fourth-order valence-corrected chi connectivity index (χ4v) is 2.08. The second-order valence-electron chi connectivity index (χ2n) is 5.09. The van der Waals surface area contributed by atoms with Gasteiger partial charge in [-0.3, -0.25) is 9.59 Å². The molecule has 0 fully saturated rings. The summed E-state index contributed by atoms with van der Waals surface area (Å²) in [5.74, 6) is -1.02. The number of methoxy groups -OCH3 is 1. The molecule has 0 aliphatic rings. The van der Waals surface area contributed by atoms with Gasteiger partial charge in [0.05, 0.1) is 13.4 Å². The number of pyridine rings is 1. The molecule has 0 bridgehead atoms. The number of carbonyl (C=O) groups is 2. The maximum Gasteiger partial charge on any atom is 0.328 e. The Kier molecular flexibility index (Phi) is 5.29. The number of ether oxygens (including phenoxy) is 1. The Bertz CT molecular complexity index is 736. The minimum atomic E-state index is -0.853. The van der Waals surface area contributed by atoms with Crippen LogP contribution in [0.4, 0.5) is 0 Å². The standard InChI is InChI=1S/C15H18N4O4/c1-10-3-4-19(14(21)5-10)8-13(20)18-12(15(22)23-2)6-11-7-16-9-17-11/h3-5,7,9,12H,6,8H2,1-2H3,(H,16,17)(H,18,20)/t12-/m1/s1. The van der Waals surface area contributed by atoms with Gasteiger partial charge in [0.15, 0.2) is 0 Å². The Hall–Kier alpha value is -2.90. The monoisotopic (exact) mass is 318 g/mol. The van der Waals surface area contributed by atoms with Crippen LogP contribution >= 0.6 is 0 Å². The average Bonchev–Trinajstić information content (AvgIpc) is 3.01. The lowest BCUT2D eigenvalue weighted by molar-refractivity contribution is -0.145. The summed E-state index contributed by atoms with van der Waals surface area (Å²) in [4.78, 5) is 42.4. The van der Waals surface area contributed by atoms with Gasteiger partial charge in [-0.15, -0.1) is 0 Å². The lowest BCUT2D eigenvalue weighted by atomic mass is 10.1. The molecule has 2 aromatic heterocycles. The highest BCUT2D eigenvalue weighted by Crippen LogP contribution is 2.01. The van der Waals surface area contributed by atoms with E-state index in [1.807, 2.05) is 0 Å².